The number of aromatic hydroxyl groups is 2. The van der Waals surface area contributed by atoms with Gasteiger partial charge in [0.05, 0.1) is 22.5 Å². The Morgan fingerprint density at radius 1 is 0.562 bits per heavy atom. The van der Waals surface area contributed by atoms with Crippen molar-refractivity contribution in [2.75, 3.05) is 17.2 Å². The number of carboxylic acids is 2. The average Bonchev–Trinajstić information content (AvgIpc) is 3.37. The molecular formula is C60H80N14O15. The Labute approximate surface area is 513 Å². The largest absolute Gasteiger partial charge is 0.506 e. The monoisotopic (exact) mass is 1240 g/mol. The molecule has 0 saturated carbocycles. The Bertz CT molecular complexity index is 3230. The number of amides is 9. The van der Waals surface area contributed by atoms with Crippen LogP contribution in [0, 0.1) is 25.7 Å². The van der Waals surface area contributed by atoms with Crippen molar-refractivity contribution in [3.05, 3.63) is 107 Å². The second-order valence-electron chi connectivity index (χ2n) is 21.8. The van der Waals surface area contributed by atoms with E-state index in [1.54, 1.807) is 59.7 Å². The van der Waals surface area contributed by atoms with Crippen LogP contribution < -0.4 is 59.3 Å². The number of aromatic nitrogens is 2. The first-order chi connectivity index (χ1) is 41.9. The summed E-state index contributed by atoms with van der Waals surface area (Å²) in [5.74, 6) is -12.3. The summed E-state index contributed by atoms with van der Waals surface area (Å²) in [6, 6.07) is 3.86. The molecule has 29 heteroatoms. The number of carbonyl (C=O) groups excluding carboxylic acids is 9. The third-order valence-electron chi connectivity index (χ3n) is 13.9. The highest BCUT2D eigenvalue weighted by molar-refractivity contribution is 6.06. The number of carbonyl (C=O) groups is 11. The maximum absolute atomic E-state index is 14.8. The van der Waals surface area contributed by atoms with E-state index in [1.165, 1.54) is 61.8 Å². The van der Waals surface area contributed by atoms with E-state index in [0.29, 0.717) is 17.0 Å². The minimum absolute atomic E-state index is 0.0262. The van der Waals surface area contributed by atoms with E-state index in [0.717, 1.165) is 6.92 Å². The van der Waals surface area contributed by atoms with Crippen LogP contribution in [0.3, 0.4) is 0 Å². The summed E-state index contributed by atoms with van der Waals surface area (Å²) in [7, 11) is 0. The molecule has 9 amide bonds. The number of nitrogens with two attached hydrogens (primary N) is 2. The Balaban J connectivity index is 1.68. The smallest absolute Gasteiger partial charge is 0.326 e. The molecule has 0 fully saturated rings. The van der Waals surface area contributed by atoms with Gasteiger partial charge in [-0.1, -0.05) is 46.2 Å². The van der Waals surface area contributed by atoms with Gasteiger partial charge in [0, 0.05) is 56.5 Å². The summed E-state index contributed by atoms with van der Waals surface area (Å²) in [6.45, 7) is 12.7. The van der Waals surface area contributed by atoms with Crippen molar-refractivity contribution in [2.24, 2.45) is 28.3 Å². The van der Waals surface area contributed by atoms with Crippen molar-refractivity contribution in [3.8, 4) is 11.5 Å². The topological polar surface area (TPSA) is 467 Å². The van der Waals surface area contributed by atoms with E-state index in [9.17, 15) is 73.2 Å². The molecular weight excluding hydrogens is 1160 g/mol. The molecule has 89 heavy (non-hydrogen) atoms. The van der Waals surface area contributed by atoms with E-state index >= 15 is 0 Å². The fraction of sp³-hybridized carbons (Fsp3) is 0.433. The molecule has 480 valence electrons. The SMILES string of the molecule is CC[C@H](C)[C@H](NC(=O)[C@H](CCC(=O)O)NC(=O)[C@H](Cc1ccc(O)c(NC(=O)c2ccc(C)nc2)c1)NC(=O)[C@H](CC(C)C)NC(=O)[C@H](Cc1ccc(O)c(NC(=O)c2ccc(C)nc2)c1)NC(C)=O)C(=O)N[C@@H](C)C(=O)N[C@@H](CCCN=C(N)N)C(=O)O. The molecule has 4 aromatic rings. The van der Waals surface area contributed by atoms with Gasteiger partial charge in [-0.3, -0.25) is 62.9 Å². The summed E-state index contributed by atoms with van der Waals surface area (Å²) in [5, 5.41) is 64.1. The zero-order valence-corrected chi connectivity index (χ0v) is 50.8. The van der Waals surface area contributed by atoms with Crippen molar-refractivity contribution in [2.45, 2.75) is 149 Å². The first-order valence-electron chi connectivity index (χ1n) is 28.7. The lowest BCUT2D eigenvalue weighted by Crippen LogP contribution is -2.61. The molecule has 0 aliphatic carbocycles. The van der Waals surface area contributed by atoms with Crippen LogP contribution in [0.2, 0.25) is 0 Å². The van der Waals surface area contributed by atoms with Gasteiger partial charge < -0.3 is 79.7 Å². The quantitative estimate of drug-likeness (QED) is 0.0138. The van der Waals surface area contributed by atoms with Gasteiger partial charge >= 0.3 is 11.9 Å². The number of aryl methyl sites for hydroxylation is 2. The molecule has 2 aromatic heterocycles. The van der Waals surface area contributed by atoms with Crippen LogP contribution in [0.1, 0.15) is 123 Å². The number of benzene rings is 2. The van der Waals surface area contributed by atoms with Crippen molar-refractivity contribution in [3.63, 3.8) is 0 Å². The lowest BCUT2D eigenvalue weighted by atomic mass is 9.97. The predicted molar refractivity (Wildman–Crippen MR) is 326 cm³/mol. The molecule has 0 unspecified atom stereocenters. The van der Waals surface area contributed by atoms with Gasteiger partial charge in [-0.15, -0.1) is 0 Å². The van der Waals surface area contributed by atoms with Gasteiger partial charge in [0.25, 0.3) is 11.8 Å². The number of carboxylic acid groups (broad SMARTS) is 2. The summed E-state index contributed by atoms with van der Waals surface area (Å²) in [6.07, 6.45) is 1.03. The van der Waals surface area contributed by atoms with Gasteiger partial charge in [-0.25, -0.2) is 4.79 Å². The van der Waals surface area contributed by atoms with Crippen molar-refractivity contribution in [1.82, 2.24) is 47.2 Å². The molecule has 2 aromatic carbocycles. The molecule has 2 heterocycles. The maximum Gasteiger partial charge on any atom is 0.326 e. The molecule has 0 saturated heterocycles. The van der Waals surface area contributed by atoms with Gasteiger partial charge in [-0.05, 0) is 118 Å². The fourth-order valence-corrected chi connectivity index (χ4v) is 8.79. The molecule has 0 bridgehead atoms. The van der Waals surface area contributed by atoms with E-state index in [4.69, 9.17) is 11.5 Å². The Morgan fingerprint density at radius 2 is 1.03 bits per heavy atom. The molecule has 0 aliphatic rings. The third-order valence-corrected chi connectivity index (χ3v) is 13.9. The van der Waals surface area contributed by atoms with E-state index in [1.807, 2.05) is 0 Å². The number of hydrogen-bond acceptors (Lipinski definition) is 16. The molecule has 0 radical (unpaired) electrons. The van der Waals surface area contributed by atoms with E-state index < -0.39 is 138 Å². The number of phenols is 2. The van der Waals surface area contributed by atoms with Crippen molar-refractivity contribution >= 4 is 82.4 Å². The van der Waals surface area contributed by atoms with Crippen LogP contribution in [-0.4, -0.2) is 150 Å². The third kappa shape index (κ3) is 23.5. The standard InChI is InChI=1S/C60H80N14O15/c1-9-31(4)50(58(87)66-34(7)51(80)69-41(59(88)89)11-10-22-63-60(61)62)74-54(83)40(18-21-49(78)79)68-57(86)46(27-37-15-20-48(77)43(25-37)71-53(82)39-17-13-33(6)65-29-39)73-55(84)44(23-30(2)3)72-56(85)45(67-35(8)75)26-36-14-19-47(76)42(24-36)70-52(81)38-16-12-32(5)64-28-38/h12-17,19-20,24-25,28-31,34,40-41,44-46,50,76-77H,9-11,18,21-23,26-27H2,1-8H3,(H,66,87)(H,67,75)(H,68,86)(H,69,80)(H,70,81)(H,71,82)(H,72,85)(H,73,84)(H,74,83)(H,78,79)(H,88,89)(H4,61,62,63)/t31-,34-,40-,41-,44-,45-,46-,50-/m0/s1. The van der Waals surface area contributed by atoms with Crippen LogP contribution >= 0.6 is 0 Å². The number of nitrogens with zero attached hydrogens (tertiary/aromatic N) is 3. The summed E-state index contributed by atoms with van der Waals surface area (Å²) >= 11 is 0. The summed E-state index contributed by atoms with van der Waals surface area (Å²) in [5.41, 5.74) is 12.7. The Kier molecular flexibility index (Phi) is 27.4. The minimum atomic E-state index is -1.73. The number of aliphatic imine (C=N–C) groups is 1. The highest BCUT2D eigenvalue weighted by Crippen LogP contribution is 2.28. The number of anilines is 2. The van der Waals surface area contributed by atoms with Gasteiger partial charge in [0.15, 0.2) is 5.96 Å². The number of nitrogens with one attached hydrogen (secondary N) is 9. The van der Waals surface area contributed by atoms with E-state index in [2.05, 4.69) is 62.8 Å². The number of pyridine rings is 2. The Hall–Kier alpha value is -10.2. The normalized spacial score (nSPS) is 13.6. The van der Waals surface area contributed by atoms with Gasteiger partial charge in [0.2, 0.25) is 41.4 Å². The lowest BCUT2D eigenvalue weighted by molar-refractivity contribution is -0.142. The average molecular weight is 1240 g/mol. The number of aliphatic carboxylic acids is 2. The fourth-order valence-electron chi connectivity index (χ4n) is 8.79. The number of hydrogen-bond donors (Lipinski definition) is 15. The van der Waals surface area contributed by atoms with E-state index in [-0.39, 0.29) is 84.3 Å². The first kappa shape index (κ1) is 71.3. The van der Waals surface area contributed by atoms with Gasteiger partial charge in [0.1, 0.15) is 53.8 Å². The highest BCUT2D eigenvalue weighted by Gasteiger charge is 2.36. The molecule has 17 N–H and O–H groups in total. The number of rotatable bonds is 33. The van der Waals surface area contributed by atoms with Crippen molar-refractivity contribution < 1.29 is 73.2 Å². The first-order valence-corrected chi connectivity index (χ1v) is 28.7. The minimum Gasteiger partial charge on any atom is -0.506 e. The number of guanidine groups is 1. The molecule has 8 atom stereocenters. The van der Waals surface area contributed by atoms with Gasteiger partial charge in [-0.2, -0.15) is 0 Å². The van der Waals surface area contributed by atoms with Crippen LogP contribution in [0.5, 0.6) is 11.5 Å². The number of phenolic OH excluding ortho intramolecular Hbond substituents is 2. The van der Waals surface area contributed by atoms with Crippen LogP contribution in [-0.2, 0) is 56.0 Å². The molecule has 0 spiro atoms. The zero-order chi connectivity index (χ0) is 66.2. The predicted octanol–water partition coefficient (Wildman–Crippen LogP) is 1.32. The second-order valence-corrected chi connectivity index (χ2v) is 21.8. The molecule has 4 rings (SSSR count). The van der Waals surface area contributed by atoms with Crippen LogP contribution in [0.4, 0.5) is 11.4 Å². The van der Waals surface area contributed by atoms with Crippen molar-refractivity contribution in [1.29, 1.82) is 0 Å². The second kappa shape index (κ2) is 34.2. The Morgan fingerprint density at radius 3 is 1.48 bits per heavy atom. The van der Waals surface area contributed by atoms with Crippen LogP contribution in [0.15, 0.2) is 78.0 Å². The van der Waals surface area contributed by atoms with Crippen LogP contribution in [0.25, 0.3) is 0 Å². The zero-order valence-electron chi connectivity index (χ0n) is 50.8. The molecule has 29 nitrogen and oxygen atoms in total. The lowest BCUT2D eigenvalue weighted by Gasteiger charge is -2.29. The summed E-state index contributed by atoms with van der Waals surface area (Å²) < 4.78 is 0. The highest BCUT2D eigenvalue weighted by atomic mass is 16.4. The molecule has 0 aliphatic heterocycles. The maximum atomic E-state index is 14.8. The summed E-state index contributed by atoms with van der Waals surface area (Å²) in [4.78, 5) is 161.